The predicted octanol–water partition coefficient (Wildman–Crippen LogP) is 4.87. The van der Waals surface area contributed by atoms with Crippen molar-refractivity contribution in [1.29, 1.82) is 0 Å². The molecule has 0 fully saturated rings. The monoisotopic (exact) mass is 269 g/mol. The summed E-state index contributed by atoms with van der Waals surface area (Å²) < 4.78 is 5.74. The molecule has 1 aromatic rings. The Kier molecular flexibility index (Phi) is 7.83. The second kappa shape index (κ2) is 9.21. The van der Waals surface area contributed by atoms with Crippen LogP contribution in [0.2, 0.25) is 0 Å². The molecule has 1 rings (SSSR count). The summed E-state index contributed by atoms with van der Waals surface area (Å²) >= 11 is 5.86. The lowest BCUT2D eigenvalue weighted by Crippen LogP contribution is -2.01. The third kappa shape index (κ3) is 5.72. The van der Waals surface area contributed by atoms with E-state index in [9.17, 15) is 0 Å². The lowest BCUT2D eigenvalue weighted by molar-refractivity contribution is 0.300. The minimum atomic E-state index is 0.410. The van der Waals surface area contributed by atoms with Gasteiger partial charge in [0, 0.05) is 5.69 Å². The number of unbranched alkanes of at least 4 members (excludes halogenated alkanes) is 5. The summed E-state index contributed by atoms with van der Waals surface area (Å²) in [5, 5.41) is 0. The maximum atomic E-state index is 5.86. The molecule has 0 spiro atoms. The SMILES string of the molecule is CCCCCCCCOc1ccc(C)nc1CCl. The van der Waals surface area contributed by atoms with E-state index < -0.39 is 0 Å². The minimum Gasteiger partial charge on any atom is -0.492 e. The average molecular weight is 270 g/mol. The predicted molar refractivity (Wildman–Crippen MR) is 77.4 cm³/mol. The molecule has 0 saturated heterocycles. The van der Waals surface area contributed by atoms with Gasteiger partial charge in [0.15, 0.2) is 0 Å². The van der Waals surface area contributed by atoms with Crippen LogP contribution in [0.4, 0.5) is 0 Å². The van der Waals surface area contributed by atoms with E-state index in [-0.39, 0.29) is 0 Å². The fourth-order valence-corrected chi connectivity index (χ4v) is 2.08. The molecule has 0 atom stereocenters. The zero-order chi connectivity index (χ0) is 13.2. The second-order valence-electron chi connectivity index (χ2n) is 4.65. The molecule has 0 radical (unpaired) electrons. The standard InChI is InChI=1S/C15H24ClNO/c1-3-4-5-6-7-8-11-18-15-10-9-13(2)17-14(15)12-16/h9-10H,3-8,11-12H2,1-2H3. The number of ether oxygens (including phenoxy) is 1. The lowest BCUT2D eigenvalue weighted by atomic mass is 10.1. The largest absolute Gasteiger partial charge is 0.492 e. The minimum absolute atomic E-state index is 0.410. The van der Waals surface area contributed by atoms with Crippen molar-refractivity contribution in [1.82, 2.24) is 4.98 Å². The lowest BCUT2D eigenvalue weighted by Gasteiger charge is -2.09. The maximum Gasteiger partial charge on any atom is 0.142 e. The van der Waals surface area contributed by atoms with Gasteiger partial charge in [-0.1, -0.05) is 39.0 Å². The first-order chi connectivity index (χ1) is 8.77. The van der Waals surface area contributed by atoms with E-state index in [0.717, 1.165) is 30.2 Å². The molecule has 0 aromatic carbocycles. The Labute approximate surface area is 116 Å². The molecule has 0 bridgehead atoms. The van der Waals surface area contributed by atoms with Crippen LogP contribution < -0.4 is 4.74 Å². The second-order valence-corrected chi connectivity index (χ2v) is 4.91. The number of alkyl halides is 1. The molecule has 0 unspecified atom stereocenters. The van der Waals surface area contributed by atoms with Crippen LogP contribution in [0, 0.1) is 6.92 Å². The summed E-state index contributed by atoms with van der Waals surface area (Å²) in [5.41, 5.74) is 1.83. The fourth-order valence-electron chi connectivity index (χ4n) is 1.89. The van der Waals surface area contributed by atoms with Crippen molar-refractivity contribution in [3.05, 3.63) is 23.5 Å². The van der Waals surface area contributed by atoms with E-state index in [1.807, 2.05) is 19.1 Å². The zero-order valence-electron chi connectivity index (χ0n) is 11.5. The molecule has 102 valence electrons. The molecule has 1 heterocycles. The third-order valence-corrected chi connectivity index (χ3v) is 3.21. The van der Waals surface area contributed by atoms with Crippen LogP contribution in [0.1, 0.15) is 56.8 Å². The summed E-state index contributed by atoms with van der Waals surface area (Å²) in [6.07, 6.45) is 7.65. The smallest absolute Gasteiger partial charge is 0.142 e. The van der Waals surface area contributed by atoms with Crippen LogP contribution in [-0.2, 0) is 5.88 Å². The van der Waals surface area contributed by atoms with Gasteiger partial charge in [0.25, 0.3) is 0 Å². The van der Waals surface area contributed by atoms with E-state index in [2.05, 4.69) is 11.9 Å². The van der Waals surface area contributed by atoms with Gasteiger partial charge < -0.3 is 4.74 Å². The Morgan fingerprint density at radius 3 is 2.56 bits per heavy atom. The summed E-state index contributed by atoms with van der Waals surface area (Å²) in [7, 11) is 0. The van der Waals surface area contributed by atoms with Crippen molar-refractivity contribution >= 4 is 11.6 Å². The van der Waals surface area contributed by atoms with Gasteiger partial charge >= 0.3 is 0 Å². The number of pyridine rings is 1. The quantitative estimate of drug-likeness (QED) is 0.471. The number of nitrogens with zero attached hydrogens (tertiary/aromatic N) is 1. The maximum absolute atomic E-state index is 5.86. The Morgan fingerprint density at radius 1 is 1.11 bits per heavy atom. The van der Waals surface area contributed by atoms with E-state index in [1.54, 1.807) is 0 Å². The normalized spacial score (nSPS) is 10.6. The van der Waals surface area contributed by atoms with E-state index in [1.165, 1.54) is 32.1 Å². The van der Waals surface area contributed by atoms with Crippen molar-refractivity contribution in [3.63, 3.8) is 0 Å². The van der Waals surface area contributed by atoms with E-state index in [0.29, 0.717) is 5.88 Å². The molecule has 0 N–H and O–H groups in total. The Bertz CT molecular complexity index is 341. The molecule has 0 aliphatic rings. The van der Waals surface area contributed by atoms with Crippen LogP contribution >= 0.6 is 11.6 Å². The number of hydrogen-bond donors (Lipinski definition) is 0. The highest BCUT2D eigenvalue weighted by Crippen LogP contribution is 2.19. The average Bonchev–Trinajstić information content (AvgIpc) is 2.39. The van der Waals surface area contributed by atoms with Gasteiger partial charge in [0.1, 0.15) is 5.75 Å². The summed E-state index contributed by atoms with van der Waals surface area (Å²) in [6.45, 7) is 4.97. The number of aryl methyl sites for hydroxylation is 1. The zero-order valence-corrected chi connectivity index (χ0v) is 12.3. The first-order valence-corrected chi connectivity index (χ1v) is 7.46. The topological polar surface area (TPSA) is 22.1 Å². The molecule has 0 aliphatic carbocycles. The molecule has 0 aliphatic heterocycles. The van der Waals surface area contributed by atoms with Gasteiger partial charge in [-0.3, -0.25) is 4.98 Å². The van der Waals surface area contributed by atoms with E-state index in [4.69, 9.17) is 16.3 Å². The molecule has 1 aromatic heterocycles. The first-order valence-electron chi connectivity index (χ1n) is 6.93. The third-order valence-electron chi connectivity index (χ3n) is 2.95. The molecular weight excluding hydrogens is 246 g/mol. The van der Waals surface area contributed by atoms with Crippen LogP contribution in [0.3, 0.4) is 0 Å². The highest BCUT2D eigenvalue weighted by Gasteiger charge is 2.04. The first kappa shape index (κ1) is 15.3. The Hall–Kier alpha value is -0.760. The van der Waals surface area contributed by atoms with Gasteiger partial charge in [0.2, 0.25) is 0 Å². The molecular formula is C15H24ClNO. The van der Waals surface area contributed by atoms with Crippen LogP contribution in [-0.4, -0.2) is 11.6 Å². The van der Waals surface area contributed by atoms with Gasteiger partial charge in [0.05, 0.1) is 18.2 Å². The van der Waals surface area contributed by atoms with Crippen LogP contribution in [0.15, 0.2) is 12.1 Å². The molecule has 0 amide bonds. The Morgan fingerprint density at radius 2 is 1.83 bits per heavy atom. The summed E-state index contributed by atoms with van der Waals surface area (Å²) in [6, 6.07) is 3.93. The van der Waals surface area contributed by atoms with Crippen LogP contribution in [0.25, 0.3) is 0 Å². The van der Waals surface area contributed by atoms with Crippen molar-refractivity contribution < 1.29 is 4.74 Å². The van der Waals surface area contributed by atoms with Crippen molar-refractivity contribution in [2.24, 2.45) is 0 Å². The van der Waals surface area contributed by atoms with Gasteiger partial charge in [-0.15, -0.1) is 11.6 Å². The Balaban J connectivity index is 2.22. The number of hydrogen-bond acceptors (Lipinski definition) is 2. The number of aromatic nitrogens is 1. The van der Waals surface area contributed by atoms with Gasteiger partial charge in [-0.05, 0) is 25.5 Å². The number of halogens is 1. The molecule has 18 heavy (non-hydrogen) atoms. The highest BCUT2D eigenvalue weighted by atomic mass is 35.5. The number of rotatable bonds is 9. The van der Waals surface area contributed by atoms with Crippen molar-refractivity contribution in [3.8, 4) is 5.75 Å². The van der Waals surface area contributed by atoms with Gasteiger partial charge in [-0.25, -0.2) is 0 Å². The van der Waals surface area contributed by atoms with Crippen molar-refractivity contribution in [2.45, 2.75) is 58.3 Å². The van der Waals surface area contributed by atoms with E-state index >= 15 is 0 Å². The van der Waals surface area contributed by atoms with Crippen molar-refractivity contribution in [2.75, 3.05) is 6.61 Å². The molecule has 3 heteroatoms. The molecule has 0 saturated carbocycles. The summed E-state index contributed by atoms with van der Waals surface area (Å²) in [5.74, 6) is 1.25. The molecule has 2 nitrogen and oxygen atoms in total. The van der Waals surface area contributed by atoms with Gasteiger partial charge in [-0.2, -0.15) is 0 Å². The highest BCUT2D eigenvalue weighted by molar-refractivity contribution is 6.17. The van der Waals surface area contributed by atoms with Crippen LogP contribution in [0.5, 0.6) is 5.75 Å². The fraction of sp³-hybridized carbons (Fsp3) is 0.667. The summed E-state index contributed by atoms with van der Waals surface area (Å²) in [4.78, 5) is 4.37.